The van der Waals surface area contributed by atoms with Crippen molar-refractivity contribution in [1.29, 1.82) is 0 Å². The molecule has 0 radical (unpaired) electrons. The number of aryl methyl sites for hydroxylation is 1. The van der Waals surface area contributed by atoms with Gasteiger partial charge in [-0.25, -0.2) is 9.37 Å². The summed E-state index contributed by atoms with van der Waals surface area (Å²) in [4.78, 5) is 9.59. The van der Waals surface area contributed by atoms with E-state index in [2.05, 4.69) is 44.3 Å². The highest BCUT2D eigenvalue weighted by molar-refractivity contribution is 6.74. The van der Waals surface area contributed by atoms with Crippen molar-refractivity contribution in [1.82, 2.24) is 24.3 Å². The molecular formula is C28H40ClFN6O5Si. The number of halogens is 2. The molecule has 3 fully saturated rings. The largest absolute Gasteiger partial charge is 0.456 e. The molecule has 0 aromatic carbocycles. The number of fused-ring (bicyclic) bond motifs is 2. The Balaban J connectivity index is 1.26. The number of anilines is 1. The molecule has 14 heteroatoms. The molecule has 3 aliphatic heterocycles. The number of nitrogens with zero attached hydrogens (tertiary/aromatic N) is 5. The molecule has 3 aromatic heterocycles. The van der Waals surface area contributed by atoms with Crippen molar-refractivity contribution in [3.8, 4) is 6.01 Å². The number of rotatable bonds is 8. The van der Waals surface area contributed by atoms with Gasteiger partial charge in [0.1, 0.15) is 35.5 Å². The molecule has 42 heavy (non-hydrogen) atoms. The maximum Gasteiger partial charge on any atom is 0.301 e. The average molecular weight is 623 g/mol. The van der Waals surface area contributed by atoms with Crippen LogP contribution in [0.2, 0.25) is 23.2 Å². The predicted molar refractivity (Wildman–Crippen MR) is 158 cm³/mol. The van der Waals surface area contributed by atoms with E-state index in [4.69, 9.17) is 44.9 Å². The summed E-state index contributed by atoms with van der Waals surface area (Å²) in [5.41, 5.74) is 1.40. The molecule has 5 atom stereocenters. The molecule has 0 amide bonds. The van der Waals surface area contributed by atoms with E-state index in [1.54, 1.807) is 13.1 Å². The maximum absolute atomic E-state index is 14.2. The first kappa shape index (κ1) is 29.8. The summed E-state index contributed by atoms with van der Waals surface area (Å²) >= 11 is 6.59. The molecule has 0 bridgehead atoms. The van der Waals surface area contributed by atoms with Gasteiger partial charge in [0.25, 0.3) is 0 Å². The summed E-state index contributed by atoms with van der Waals surface area (Å²) in [7, 11) is -0.337. The Hall–Kier alpha value is -2.29. The van der Waals surface area contributed by atoms with E-state index < -0.39 is 14.1 Å². The Kier molecular flexibility index (Phi) is 8.03. The first-order valence-electron chi connectivity index (χ1n) is 14.6. The number of imidazole rings is 1. The zero-order valence-corrected chi connectivity index (χ0v) is 26.8. The fraction of sp³-hybridized carbons (Fsp3) is 0.679. The van der Waals surface area contributed by atoms with Gasteiger partial charge in [0.05, 0.1) is 37.1 Å². The van der Waals surface area contributed by atoms with Gasteiger partial charge in [-0.3, -0.25) is 9.25 Å². The first-order chi connectivity index (χ1) is 19.9. The van der Waals surface area contributed by atoms with Gasteiger partial charge in [-0.2, -0.15) is 10.1 Å². The second-order valence-corrected chi connectivity index (χ2v) is 18.0. The normalized spacial score (nSPS) is 26.6. The molecular weight excluding hydrogens is 583 g/mol. The van der Waals surface area contributed by atoms with Crippen LogP contribution in [0, 0.1) is 5.82 Å². The molecule has 1 unspecified atom stereocenters. The van der Waals surface area contributed by atoms with E-state index in [9.17, 15) is 4.39 Å². The highest BCUT2D eigenvalue weighted by Crippen LogP contribution is 2.41. The van der Waals surface area contributed by atoms with Crippen LogP contribution in [-0.4, -0.2) is 76.9 Å². The van der Waals surface area contributed by atoms with E-state index in [1.807, 2.05) is 4.57 Å². The van der Waals surface area contributed by atoms with Crippen LogP contribution in [0.4, 0.5) is 10.2 Å². The summed E-state index contributed by atoms with van der Waals surface area (Å²) in [6.07, 6.45) is 2.82. The quantitative estimate of drug-likeness (QED) is 0.339. The summed E-state index contributed by atoms with van der Waals surface area (Å²) < 4.78 is 49.3. The Morgan fingerprint density at radius 2 is 1.86 bits per heavy atom. The lowest BCUT2D eigenvalue weighted by Crippen LogP contribution is -2.47. The third-order valence-corrected chi connectivity index (χ3v) is 13.6. The molecule has 0 aliphatic carbocycles. The summed E-state index contributed by atoms with van der Waals surface area (Å²) in [6, 6.07) is 2.11. The average Bonchev–Trinajstić information content (AvgIpc) is 3.67. The Morgan fingerprint density at radius 3 is 2.52 bits per heavy atom. The van der Waals surface area contributed by atoms with Crippen molar-refractivity contribution in [2.45, 2.75) is 95.4 Å². The van der Waals surface area contributed by atoms with Gasteiger partial charge < -0.3 is 28.7 Å². The fourth-order valence-corrected chi connectivity index (χ4v) is 7.01. The maximum atomic E-state index is 14.2. The van der Waals surface area contributed by atoms with Crippen molar-refractivity contribution < 1.29 is 27.8 Å². The van der Waals surface area contributed by atoms with Gasteiger partial charge in [-0.1, -0.05) is 32.4 Å². The van der Waals surface area contributed by atoms with Crippen molar-refractivity contribution in [2.75, 3.05) is 25.1 Å². The zero-order chi connectivity index (χ0) is 29.8. The van der Waals surface area contributed by atoms with Crippen LogP contribution < -0.4 is 10.1 Å². The van der Waals surface area contributed by atoms with Crippen LogP contribution in [-0.2, 0) is 32.2 Å². The Bertz CT molecular complexity index is 1440. The van der Waals surface area contributed by atoms with Crippen molar-refractivity contribution in [2.24, 2.45) is 7.05 Å². The van der Waals surface area contributed by atoms with E-state index in [0.29, 0.717) is 47.8 Å². The smallest absolute Gasteiger partial charge is 0.301 e. The van der Waals surface area contributed by atoms with E-state index in [1.165, 1.54) is 10.9 Å². The summed E-state index contributed by atoms with van der Waals surface area (Å²) in [5.74, 6) is -0.00607. The molecule has 3 saturated heterocycles. The second-order valence-electron chi connectivity index (χ2n) is 12.9. The molecule has 0 spiro atoms. The molecule has 3 aliphatic rings. The van der Waals surface area contributed by atoms with Crippen LogP contribution in [0.3, 0.4) is 0 Å². The predicted octanol–water partition coefficient (Wildman–Crippen LogP) is 5.20. The van der Waals surface area contributed by atoms with Crippen LogP contribution in [0.1, 0.15) is 52.0 Å². The third-order valence-electron chi connectivity index (χ3n) is 8.78. The molecule has 6 rings (SSSR count). The molecule has 3 aromatic rings. The monoisotopic (exact) mass is 622 g/mol. The van der Waals surface area contributed by atoms with E-state index in [0.717, 1.165) is 19.3 Å². The van der Waals surface area contributed by atoms with Crippen molar-refractivity contribution in [3.63, 3.8) is 0 Å². The number of aromatic nitrogens is 5. The molecule has 11 nitrogen and oxygen atoms in total. The highest BCUT2D eigenvalue weighted by atomic mass is 35.5. The Morgan fingerprint density at radius 1 is 1.12 bits per heavy atom. The lowest BCUT2D eigenvalue weighted by molar-refractivity contribution is -0.0406. The van der Waals surface area contributed by atoms with E-state index in [-0.39, 0.29) is 47.9 Å². The fourth-order valence-electron chi connectivity index (χ4n) is 5.49. The zero-order valence-electron chi connectivity index (χ0n) is 25.0. The van der Waals surface area contributed by atoms with Gasteiger partial charge in [0.2, 0.25) is 0 Å². The third kappa shape index (κ3) is 5.66. The van der Waals surface area contributed by atoms with Crippen LogP contribution in [0.5, 0.6) is 6.01 Å². The van der Waals surface area contributed by atoms with Gasteiger partial charge in [-0.15, -0.1) is 0 Å². The number of ether oxygens (including phenoxy) is 4. The first-order valence-corrected chi connectivity index (χ1v) is 17.9. The van der Waals surface area contributed by atoms with Gasteiger partial charge in [0.15, 0.2) is 25.9 Å². The number of pyridine rings is 1. The van der Waals surface area contributed by atoms with Gasteiger partial charge >= 0.3 is 6.01 Å². The van der Waals surface area contributed by atoms with Gasteiger partial charge in [0, 0.05) is 13.7 Å². The molecule has 1 N–H and O–H groups in total. The minimum absolute atomic E-state index is 0.0815. The molecule has 0 saturated carbocycles. The standard InChI is InChI=1S/C28H40ClFN6O5Si/c1-28(2,3)42(5,6)41-21-15-39-23-20(14-38-24(21)23)40-27-32-18-11-16(29)25(31-12-19-17(30)13-35(4)34-19)33-26(18)36(27)22-9-7-8-10-37-22/h11,13,20-24H,7-10,12,14-15H2,1-6H3,(H,31,33)/t20-,21-,22?,23-,24-/m1/s1. The minimum Gasteiger partial charge on any atom is -0.456 e. The molecule has 6 heterocycles. The summed E-state index contributed by atoms with van der Waals surface area (Å²) in [5, 5.41) is 7.71. The van der Waals surface area contributed by atoms with Crippen LogP contribution in [0.25, 0.3) is 11.2 Å². The number of hydrogen-bond acceptors (Lipinski definition) is 9. The van der Waals surface area contributed by atoms with Crippen LogP contribution >= 0.6 is 11.6 Å². The highest BCUT2D eigenvalue weighted by Gasteiger charge is 2.52. The SMILES string of the molecule is Cn1cc(F)c(CNc2nc3c(cc2Cl)nc(O[C@@H]2CO[C@H]4[C@@H]2OC[C@H]4O[Si](C)(C)C(C)(C)C)n3C2CCCCO2)n1. The second kappa shape index (κ2) is 11.3. The topological polar surface area (TPSA) is 107 Å². The van der Waals surface area contributed by atoms with E-state index >= 15 is 0 Å². The lowest BCUT2D eigenvalue weighted by atomic mass is 10.1. The lowest BCUT2D eigenvalue weighted by Gasteiger charge is -2.39. The van der Waals surface area contributed by atoms with Gasteiger partial charge in [-0.05, 0) is 43.5 Å². The number of hydrogen-bond donors (Lipinski definition) is 1. The summed E-state index contributed by atoms with van der Waals surface area (Å²) in [6.45, 7) is 12.7. The van der Waals surface area contributed by atoms with Crippen molar-refractivity contribution in [3.05, 3.63) is 28.8 Å². The minimum atomic E-state index is -2.01. The number of nitrogens with one attached hydrogen (secondary N) is 1. The molecule has 230 valence electrons. The Labute approximate surface area is 251 Å². The van der Waals surface area contributed by atoms with Crippen molar-refractivity contribution >= 4 is 36.9 Å². The van der Waals surface area contributed by atoms with Crippen LogP contribution in [0.15, 0.2) is 12.3 Å².